The fourth-order valence-electron chi connectivity index (χ4n) is 3.23. The predicted molar refractivity (Wildman–Crippen MR) is 125 cm³/mol. The topological polar surface area (TPSA) is 58.4 Å². The van der Waals surface area contributed by atoms with Gasteiger partial charge in [0.05, 0.1) is 15.7 Å². The van der Waals surface area contributed by atoms with Crippen LogP contribution in [0.3, 0.4) is 0 Å². The number of halogens is 3. The first kappa shape index (κ1) is 22.3. The summed E-state index contributed by atoms with van der Waals surface area (Å²) < 4.78 is 0. The molecule has 0 aromatic heterocycles. The number of thioether (sulfide) groups is 1. The first-order chi connectivity index (χ1) is 13.6. The number of anilines is 1. The molecule has 2 aromatic carbocycles. The Hall–Kier alpha value is -1.37. The van der Waals surface area contributed by atoms with Gasteiger partial charge in [0, 0.05) is 10.6 Å². The van der Waals surface area contributed by atoms with Gasteiger partial charge in [-0.15, -0.1) is 11.8 Å². The van der Waals surface area contributed by atoms with Gasteiger partial charge >= 0.3 is 0 Å². The summed E-state index contributed by atoms with van der Waals surface area (Å²) in [5.74, 6) is 0.556. The highest BCUT2D eigenvalue weighted by atomic mass is 35.5. The maximum absolute atomic E-state index is 13.6. The lowest BCUT2D eigenvalue weighted by Gasteiger charge is -2.30. The number of nitrogens with zero attached hydrogens (tertiary/aromatic N) is 1. The average molecular weight is 471 g/mol. The maximum atomic E-state index is 13.6. The van der Waals surface area contributed by atoms with Crippen molar-refractivity contribution in [1.29, 1.82) is 0 Å². The molecule has 4 nitrogen and oxygen atoms in total. The molecule has 29 heavy (non-hydrogen) atoms. The number of carbonyl (C=O) groups is 1. The van der Waals surface area contributed by atoms with Crippen LogP contribution in [0.5, 0.6) is 0 Å². The standard InChI is InChI=1S/C21H22Cl3N3OS/c1-11(2)13-6-5-12(3)15(7-13)20(28)21(29-4)10-18(25)27(26-21)19-16(23)8-14(22)9-17(19)24/h5-11,26H,25H2,1-4H3. The second-order valence-corrected chi connectivity index (χ2v) is 9.54. The summed E-state index contributed by atoms with van der Waals surface area (Å²) in [6, 6.07) is 9.14. The van der Waals surface area contributed by atoms with Crippen molar-refractivity contribution in [2.24, 2.45) is 5.73 Å². The number of nitrogens with one attached hydrogen (secondary N) is 1. The van der Waals surface area contributed by atoms with E-state index in [4.69, 9.17) is 40.5 Å². The summed E-state index contributed by atoms with van der Waals surface area (Å²) in [6.45, 7) is 6.13. The van der Waals surface area contributed by atoms with Gasteiger partial charge in [0.1, 0.15) is 5.82 Å². The number of nitrogens with two attached hydrogens (primary N) is 1. The molecule has 0 aliphatic carbocycles. The van der Waals surface area contributed by atoms with Crippen LogP contribution in [-0.4, -0.2) is 16.9 Å². The van der Waals surface area contributed by atoms with E-state index in [1.807, 2.05) is 31.4 Å². The number of hydrazine groups is 1. The van der Waals surface area contributed by atoms with Gasteiger partial charge in [-0.25, -0.2) is 5.43 Å². The Bertz CT molecular complexity index is 986. The van der Waals surface area contributed by atoms with Crippen LogP contribution < -0.4 is 16.2 Å². The monoisotopic (exact) mass is 469 g/mol. The highest BCUT2D eigenvalue weighted by molar-refractivity contribution is 8.00. The van der Waals surface area contributed by atoms with E-state index >= 15 is 0 Å². The number of aryl methyl sites for hydroxylation is 1. The van der Waals surface area contributed by atoms with Gasteiger partial charge in [-0.05, 0) is 54.5 Å². The normalized spacial score (nSPS) is 19.0. The maximum Gasteiger partial charge on any atom is 0.199 e. The van der Waals surface area contributed by atoms with Crippen molar-refractivity contribution in [3.05, 3.63) is 74.0 Å². The van der Waals surface area contributed by atoms with E-state index in [-0.39, 0.29) is 5.78 Å². The third kappa shape index (κ3) is 4.12. The molecular formula is C21H22Cl3N3OS. The van der Waals surface area contributed by atoms with Crippen molar-refractivity contribution in [2.45, 2.75) is 31.6 Å². The van der Waals surface area contributed by atoms with Crippen LogP contribution in [0.25, 0.3) is 0 Å². The van der Waals surface area contributed by atoms with Crippen LogP contribution in [0.4, 0.5) is 5.69 Å². The summed E-state index contributed by atoms with van der Waals surface area (Å²) in [5, 5.41) is 2.61. The van der Waals surface area contributed by atoms with Crippen LogP contribution in [0.15, 0.2) is 42.2 Å². The fraction of sp³-hybridized carbons (Fsp3) is 0.286. The van der Waals surface area contributed by atoms with E-state index in [1.54, 1.807) is 18.2 Å². The molecule has 1 heterocycles. The van der Waals surface area contributed by atoms with E-state index < -0.39 is 4.87 Å². The lowest BCUT2D eigenvalue weighted by Crippen LogP contribution is -2.51. The first-order valence-electron chi connectivity index (χ1n) is 9.01. The molecule has 3 rings (SSSR count). The zero-order chi connectivity index (χ0) is 21.5. The van der Waals surface area contributed by atoms with Crippen molar-refractivity contribution < 1.29 is 4.79 Å². The van der Waals surface area contributed by atoms with Gasteiger partial charge in [0.2, 0.25) is 0 Å². The quantitative estimate of drug-likeness (QED) is 0.514. The molecule has 0 amide bonds. The largest absolute Gasteiger partial charge is 0.384 e. The molecule has 1 aliphatic heterocycles. The van der Waals surface area contributed by atoms with Crippen molar-refractivity contribution in [1.82, 2.24) is 5.43 Å². The third-order valence-electron chi connectivity index (χ3n) is 4.92. The minimum absolute atomic E-state index is 0.0864. The first-order valence-corrected chi connectivity index (χ1v) is 11.4. The summed E-state index contributed by atoms with van der Waals surface area (Å²) >= 11 is 20.1. The number of hydrogen-bond acceptors (Lipinski definition) is 5. The van der Waals surface area contributed by atoms with E-state index in [2.05, 4.69) is 19.3 Å². The average Bonchev–Trinajstić information content (AvgIpc) is 2.98. The minimum Gasteiger partial charge on any atom is -0.384 e. The smallest absolute Gasteiger partial charge is 0.199 e. The van der Waals surface area contributed by atoms with Crippen molar-refractivity contribution in [2.75, 3.05) is 11.3 Å². The van der Waals surface area contributed by atoms with Gasteiger partial charge in [0.15, 0.2) is 10.7 Å². The van der Waals surface area contributed by atoms with Gasteiger partial charge in [-0.1, -0.05) is 60.8 Å². The van der Waals surface area contributed by atoms with Crippen molar-refractivity contribution in [3.8, 4) is 0 Å². The van der Waals surface area contributed by atoms with Gasteiger partial charge in [0.25, 0.3) is 0 Å². The second-order valence-electron chi connectivity index (χ2n) is 7.23. The van der Waals surface area contributed by atoms with Crippen molar-refractivity contribution in [3.63, 3.8) is 0 Å². The molecule has 0 saturated heterocycles. The van der Waals surface area contributed by atoms with Gasteiger partial charge < -0.3 is 5.73 Å². The molecule has 8 heteroatoms. The second kappa shape index (κ2) is 8.40. The summed E-state index contributed by atoms with van der Waals surface area (Å²) in [4.78, 5) is 12.6. The summed E-state index contributed by atoms with van der Waals surface area (Å²) in [7, 11) is 0. The minimum atomic E-state index is -1.09. The lowest BCUT2D eigenvalue weighted by atomic mass is 9.93. The van der Waals surface area contributed by atoms with E-state index in [0.29, 0.717) is 38.1 Å². The number of ketones is 1. The van der Waals surface area contributed by atoms with Gasteiger partial charge in [-0.3, -0.25) is 9.80 Å². The highest BCUT2D eigenvalue weighted by Gasteiger charge is 2.44. The van der Waals surface area contributed by atoms with Crippen LogP contribution in [-0.2, 0) is 0 Å². The van der Waals surface area contributed by atoms with Crippen molar-refractivity contribution >= 4 is 58.0 Å². The third-order valence-corrected chi connectivity index (χ3v) is 6.76. The van der Waals surface area contributed by atoms with Gasteiger partial charge in [-0.2, -0.15) is 0 Å². The number of benzene rings is 2. The zero-order valence-corrected chi connectivity index (χ0v) is 19.6. The molecule has 1 atom stereocenters. The molecule has 1 unspecified atom stereocenters. The van der Waals surface area contributed by atoms with E-state index in [0.717, 1.165) is 11.1 Å². The number of Topliss-reactive ketones (excluding diaryl/α,β-unsaturated/α-hetero) is 1. The molecule has 3 N–H and O–H groups in total. The molecule has 0 radical (unpaired) electrons. The Kier molecular flexibility index (Phi) is 6.47. The molecule has 2 aromatic rings. The lowest BCUT2D eigenvalue weighted by molar-refractivity contribution is 0.0951. The number of hydrogen-bond donors (Lipinski definition) is 2. The molecule has 0 saturated carbocycles. The number of carbonyl (C=O) groups excluding carboxylic acids is 1. The Morgan fingerprint density at radius 1 is 1.17 bits per heavy atom. The Morgan fingerprint density at radius 3 is 2.34 bits per heavy atom. The Balaban J connectivity index is 2.04. The molecule has 0 bridgehead atoms. The molecule has 0 fully saturated rings. The Labute approximate surface area is 190 Å². The number of rotatable bonds is 5. The van der Waals surface area contributed by atoms with E-state index in [9.17, 15) is 4.79 Å². The highest BCUT2D eigenvalue weighted by Crippen LogP contribution is 2.42. The molecule has 0 spiro atoms. The zero-order valence-electron chi connectivity index (χ0n) is 16.5. The van der Waals surface area contributed by atoms with E-state index in [1.165, 1.54) is 16.8 Å². The van der Waals surface area contributed by atoms with Crippen LogP contribution in [0, 0.1) is 6.92 Å². The molecule has 1 aliphatic rings. The SMILES string of the molecule is CSC1(C(=O)c2cc(C(C)C)ccc2C)C=C(N)N(c2c(Cl)cc(Cl)cc2Cl)N1. The molecular weight excluding hydrogens is 449 g/mol. The summed E-state index contributed by atoms with van der Waals surface area (Å²) in [5.41, 5.74) is 12.6. The van der Waals surface area contributed by atoms with Crippen LogP contribution in [0.2, 0.25) is 15.1 Å². The molecule has 154 valence electrons. The van der Waals surface area contributed by atoms with Crippen LogP contribution >= 0.6 is 46.6 Å². The fourth-order valence-corrected chi connectivity index (χ4v) is 4.93. The predicted octanol–water partition coefficient (Wildman–Crippen LogP) is 6.15. The Morgan fingerprint density at radius 2 is 1.79 bits per heavy atom. The van der Waals surface area contributed by atoms with Crippen LogP contribution in [0.1, 0.15) is 41.3 Å². The summed E-state index contributed by atoms with van der Waals surface area (Å²) in [6.07, 6.45) is 3.55.